The summed E-state index contributed by atoms with van der Waals surface area (Å²) in [5, 5.41) is 0.507. The second kappa shape index (κ2) is 5.86. The fraction of sp³-hybridized carbons (Fsp3) is 0.600. The molecule has 90 valence electrons. The lowest BCUT2D eigenvalue weighted by molar-refractivity contribution is 0.379. The van der Waals surface area contributed by atoms with Crippen molar-refractivity contribution in [1.82, 2.24) is 9.97 Å². The first-order valence-corrected chi connectivity index (χ1v) is 5.44. The molecular formula is C10H17ClN4O. The number of aromatic nitrogens is 2. The molecule has 0 spiro atoms. The van der Waals surface area contributed by atoms with Crippen LogP contribution in [-0.2, 0) is 0 Å². The Morgan fingerprint density at radius 2 is 2.31 bits per heavy atom. The van der Waals surface area contributed by atoms with Gasteiger partial charge in [0.15, 0.2) is 5.82 Å². The van der Waals surface area contributed by atoms with Crippen molar-refractivity contribution in [2.24, 2.45) is 11.7 Å². The van der Waals surface area contributed by atoms with Gasteiger partial charge in [0.2, 0.25) is 0 Å². The van der Waals surface area contributed by atoms with Gasteiger partial charge in [0.1, 0.15) is 5.02 Å². The first-order valence-electron chi connectivity index (χ1n) is 5.06. The van der Waals surface area contributed by atoms with Gasteiger partial charge in [0.05, 0.1) is 13.3 Å². The van der Waals surface area contributed by atoms with Crippen molar-refractivity contribution in [3.8, 4) is 6.01 Å². The topological polar surface area (TPSA) is 64.3 Å². The SMILES string of the molecule is COc1ncc(Cl)c(N(C)CC(C)CN)n1. The second-order valence-electron chi connectivity index (χ2n) is 3.75. The number of rotatable bonds is 5. The van der Waals surface area contributed by atoms with Gasteiger partial charge in [-0.2, -0.15) is 4.98 Å². The average Bonchev–Trinajstić information content (AvgIpc) is 2.29. The normalized spacial score (nSPS) is 12.3. The number of ether oxygens (including phenoxy) is 1. The van der Waals surface area contributed by atoms with Crippen molar-refractivity contribution >= 4 is 17.4 Å². The van der Waals surface area contributed by atoms with E-state index in [0.29, 0.717) is 29.3 Å². The standard InChI is InChI=1S/C10H17ClN4O/c1-7(4-12)6-15(2)9-8(11)5-13-10(14-9)16-3/h5,7H,4,6,12H2,1-3H3. The Morgan fingerprint density at radius 1 is 1.62 bits per heavy atom. The minimum absolute atomic E-state index is 0.312. The van der Waals surface area contributed by atoms with Crippen LogP contribution < -0.4 is 15.4 Å². The van der Waals surface area contributed by atoms with Crippen molar-refractivity contribution in [3.63, 3.8) is 0 Å². The molecule has 0 amide bonds. The summed E-state index contributed by atoms with van der Waals surface area (Å²) < 4.78 is 4.96. The molecule has 0 fully saturated rings. The van der Waals surface area contributed by atoms with Gasteiger partial charge in [0, 0.05) is 13.6 Å². The molecule has 1 rings (SSSR count). The van der Waals surface area contributed by atoms with Crippen LogP contribution in [0.4, 0.5) is 5.82 Å². The molecule has 0 radical (unpaired) electrons. The molecule has 0 saturated heterocycles. The zero-order valence-electron chi connectivity index (χ0n) is 9.77. The van der Waals surface area contributed by atoms with Crippen LogP contribution in [0.3, 0.4) is 0 Å². The zero-order valence-corrected chi connectivity index (χ0v) is 10.5. The molecule has 0 aliphatic carbocycles. The molecule has 2 N–H and O–H groups in total. The van der Waals surface area contributed by atoms with Gasteiger partial charge in [-0.05, 0) is 12.5 Å². The second-order valence-corrected chi connectivity index (χ2v) is 4.16. The van der Waals surface area contributed by atoms with Crippen LogP contribution in [0, 0.1) is 5.92 Å². The Labute approximate surface area is 101 Å². The molecule has 0 saturated carbocycles. The Bertz CT molecular complexity index is 348. The number of halogens is 1. The number of hydrogen-bond acceptors (Lipinski definition) is 5. The molecule has 1 unspecified atom stereocenters. The van der Waals surface area contributed by atoms with E-state index in [4.69, 9.17) is 22.1 Å². The maximum absolute atomic E-state index is 6.02. The van der Waals surface area contributed by atoms with E-state index in [-0.39, 0.29) is 0 Å². The lowest BCUT2D eigenvalue weighted by Crippen LogP contribution is -2.29. The monoisotopic (exact) mass is 244 g/mol. The predicted octanol–water partition coefficient (Wildman–Crippen LogP) is 1.17. The Morgan fingerprint density at radius 3 is 2.88 bits per heavy atom. The summed E-state index contributed by atoms with van der Waals surface area (Å²) in [6.07, 6.45) is 1.53. The Hall–Kier alpha value is -1.07. The average molecular weight is 245 g/mol. The van der Waals surface area contributed by atoms with Gasteiger partial charge in [-0.25, -0.2) is 4.98 Å². The van der Waals surface area contributed by atoms with Crippen molar-refractivity contribution in [2.45, 2.75) is 6.92 Å². The van der Waals surface area contributed by atoms with E-state index in [2.05, 4.69) is 16.9 Å². The smallest absolute Gasteiger partial charge is 0.318 e. The number of anilines is 1. The highest BCUT2D eigenvalue weighted by Gasteiger charge is 2.12. The minimum Gasteiger partial charge on any atom is -0.467 e. The van der Waals surface area contributed by atoms with Gasteiger partial charge in [0.25, 0.3) is 0 Å². The largest absolute Gasteiger partial charge is 0.467 e. The summed E-state index contributed by atoms with van der Waals surface area (Å²) in [5.41, 5.74) is 5.58. The fourth-order valence-electron chi connectivity index (χ4n) is 1.34. The first-order chi connectivity index (χ1) is 7.58. The number of nitrogens with zero attached hydrogens (tertiary/aromatic N) is 3. The maximum atomic E-state index is 6.02. The summed E-state index contributed by atoms with van der Waals surface area (Å²) in [6.45, 7) is 3.49. The van der Waals surface area contributed by atoms with E-state index in [0.717, 1.165) is 6.54 Å². The quantitative estimate of drug-likeness (QED) is 0.843. The predicted molar refractivity (Wildman–Crippen MR) is 65.1 cm³/mol. The summed E-state index contributed by atoms with van der Waals surface area (Å²) in [5.74, 6) is 1.04. The highest BCUT2D eigenvalue weighted by molar-refractivity contribution is 6.32. The summed E-state index contributed by atoms with van der Waals surface area (Å²) in [7, 11) is 3.44. The number of nitrogens with two attached hydrogens (primary N) is 1. The van der Waals surface area contributed by atoms with E-state index < -0.39 is 0 Å². The molecule has 1 heterocycles. The van der Waals surface area contributed by atoms with E-state index in [9.17, 15) is 0 Å². The summed E-state index contributed by atoms with van der Waals surface area (Å²) >= 11 is 6.02. The van der Waals surface area contributed by atoms with Crippen molar-refractivity contribution in [3.05, 3.63) is 11.2 Å². The van der Waals surface area contributed by atoms with Crippen molar-refractivity contribution < 1.29 is 4.74 Å². The molecule has 0 aliphatic heterocycles. The van der Waals surface area contributed by atoms with Crippen LogP contribution in [0.2, 0.25) is 5.02 Å². The van der Waals surface area contributed by atoms with Crippen molar-refractivity contribution in [1.29, 1.82) is 0 Å². The van der Waals surface area contributed by atoms with Crippen LogP contribution in [-0.4, -0.2) is 37.2 Å². The van der Waals surface area contributed by atoms with Crippen LogP contribution in [0.15, 0.2) is 6.20 Å². The van der Waals surface area contributed by atoms with E-state index in [1.165, 1.54) is 13.3 Å². The summed E-state index contributed by atoms with van der Waals surface area (Å²) in [4.78, 5) is 10.1. The Kier molecular flexibility index (Phi) is 4.76. The maximum Gasteiger partial charge on any atom is 0.318 e. The van der Waals surface area contributed by atoms with Gasteiger partial charge < -0.3 is 15.4 Å². The van der Waals surface area contributed by atoms with Gasteiger partial charge in [-0.15, -0.1) is 0 Å². The van der Waals surface area contributed by atoms with Crippen LogP contribution in [0.1, 0.15) is 6.92 Å². The summed E-state index contributed by atoms with van der Waals surface area (Å²) in [6, 6.07) is 0.312. The molecule has 0 aromatic carbocycles. The van der Waals surface area contributed by atoms with E-state index >= 15 is 0 Å². The number of hydrogen-bond donors (Lipinski definition) is 1. The van der Waals surface area contributed by atoms with Crippen LogP contribution >= 0.6 is 11.6 Å². The molecule has 1 aromatic heterocycles. The number of methoxy groups -OCH3 is 1. The third-order valence-electron chi connectivity index (χ3n) is 2.24. The Balaban J connectivity index is 2.84. The molecule has 6 heteroatoms. The molecule has 5 nitrogen and oxygen atoms in total. The molecule has 0 aliphatic rings. The van der Waals surface area contributed by atoms with Crippen LogP contribution in [0.5, 0.6) is 6.01 Å². The first kappa shape index (κ1) is 13.0. The third kappa shape index (κ3) is 3.21. The molecule has 1 atom stereocenters. The highest BCUT2D eigenvalue weighted by Crippen LogP contribution is 2.23. The van der Waals surface area contributed by atoms with Gasteiger partial charge in [-0.3, -0.25) is 0 Å². The molecule has 1 aromatic rings. The molecule has 0 bridgehead atoms. The van der Waals surface area contributed by atoms with Crippen LogP contribution in [0.25, 0.3) is 0 Å². The van der Waals surface area contributed by atoms with E-state index in [1.807, 2.05) is 11.9 Å². The lowest BCUT2D eigenvalue weighted by Gasteiger charge is -2.22. The molecule has 16 heavy (non-hydrogen) atoms. The fourth-order valence-corrected chi connectivity index (χ4v) is 1.57. The van der Waals surface area contributed by atoms with E-state index in [1.54, 1.807) is 0 Å². The third-order valence-corrected chi connectivity index (χ3v) is 2.50. The lowest BCUT2D eigenvalue weighted by atomic mass is 10.2. The van der Waals surface area contributed by atoms with Gasteiger partial charge >= 0.3 is 6.01 Å². The minimum atomic E-state index is 0.312. The van der Waals surface area contributed by atoms with Crippen molar-refractivity contribution in [2.75, 3.05) is 32.1 Å². The molecular weight excluding hydrogens is 228 g/mol. The highest BCUT2D eigenvalue weighted by atomic mass is 35.5. The van der Waals surface area contributed by atoms with Gasteiger partial charge in [-0.1, -0.05) is 18.5 Å². The zero-order chi connectivity index (χ0) is 12.1.